The van der Waals surface area contributed by atoms with Crippen LogP contribution in [0, 0.1) is 5.92 Å². The van der Waals surface area contributed by atoms with Crippen molar-refractivity contribution >= 4 is 0 Å². The predicted octanol–water partition coefficient (Wildman–Crippen LogP) is 3.31. The van der Waals surface area contributed by atoms with Gasteiger partial charge in [0.2, 0.25) is 0 Å². The van der Waals surface area contributed by atoms with Crippen molar-refractivity contribution in [2.75, 3.05) is 0 Å². The summed E-state index contributed by atoms with van der Waals surface area (Å²) < 4.78 is 0. The van der Waals surface area contributed by atoms with Crippen LogP contribution in [0.1, 0.15) is 33.6 Å². The summed E-state index contributed by atoms with van der Waals surface area (Å²) in [6.07, 6.45) is 7.19. The second-order valence-electron chi connectivity index (χ2n) is 3.29. The van der Waals surface area contributed by atoms with Crippen LogP contribution in [0.2, 0.25) is 0 Å². The standard InChI is InChI=1S/C10H16/c1-4-5-9-7-10(9)6-8(2)3/h6-8H,4-5H2,1-3H3. The summed E-state index contributed by atoms with van der Waals surface area (Å²) in [5.41, 5.74) is 3.09. The molecule has 0 spiro atoms. The summed E-state index contributed by atoms with van der Waals surface area (Å²) >= 11 is 0. The van der Waals surface area contributed by atoms with Gasteiger partial charge in [0.1, 0.15) is 0 Å². The fourth-order valence-corrected chi connectivity index (χ4v) is 1.15. The first-order chi connectivity index (χ1) is 4.74. The van der Waals surface area contributed by atoms with Crippen LogP contribution >= 0.6 is 0 Å². The molecule has 0 heterocycles. The van der Waals surface area contributed by atoms with E-state index < -0.39 is 0 Å². The van der Waals surface area contributed by atoms with Crippen LogP contribution in [-0.2, 0) is 0 Å². The van der Waals surface area contributed by atoms with Gasteiger partial charge in [-0.1, -0.05) is 39.3 Å². The Morgan fingerprint density at radius 3 is 2.70 bits per heavy atom. The molecule has 0 amide bonds. The molecule has 0 aromatic rings. The Hall–Kier alpha value is -0.520. The number of allylic oxidation sites excluding steroid dienone is 4. The molecule has 1 aliphatic carbocycles. The van der Waals surface area contributed by atoms with Gasteiger partial charge in [0.15, 0.2) is 0 Å². The van der Waals surface area contributed by atoms with Crippen molar-refractivity contribution in [3.05, 3.63) is 23.3 Å². The quantitative estimate of drug-likeness (QED) is 0.558. The van der Waals surface area contributed by atoms with Crippen LogP contribution in [0.4, 0.5) is 0 Å². The van der Waals surface area contributed by atoms with E-state index in [1.165, 1.54) is 18.4 Å². The van der Waals surface area contributed by atoms with Crippen molar-refractivity contribution in [3.8, 4) is 0 Å². The second kappa shape index (κ2) is 3.05. The van der Waals surface area contributed by atoms with Crippen molar-refractivity contribution in [1.82, 2.24) is 0 Å². The van der Waals surface area contributed by atoms with Gasteiger partial charge in [-0.05, 0) is 23.5 Å². The summed E-state index contributed by atoms with van der Waals surface area (Å²) in [5, 5.41) is 0. The summed E-state index contributed by atoms with van der Waals surface area (Å²) in [6.45, 7) is 6.68. The highest BCUT2D eigenvalue weighted by Crippen LogP contribution is 2.32. The van der Waals surface area contributed by atoms with Gasteiger partial charge in [-0.3, -0.25) is 0 Å². The lowest BCUT2D eigenvalue weighted by Crippen LogP contribution is -1.77. The van der Waals surface area contributed by atoms with Crippen molar-refractivity contribution in [1.29, 1.82) is 0 Å². The Morgan fingerprint density at radius 2 is 2.20 bits per heavy atom. The minimum atomic E-state index is 0.709. The fourth-order valence-electron chi connectivity index (χ4n) is 1.15. The molecule has 0 nitrogen and oxygen atoms in total. The maximum Gasteiger partial charge on any atom is -0.0259 e. The topological polar surface area (TPSA) is 0 Å². The average molecular weight is 136 g/mol. The van der Waals surface area contributed by atoms with Gasteiger partial charge < -0.3 is 0 Å². The molecule has 10 heavy (non-hydrogen) atoms. The minimum absolute atomic E-state index is 0.709. The lowest BCUT2D eigenvalue weighted by atomic mass is 10.1. The molecule has 0 unspecified atom stereocenters. The van der Waals surface area contributed by atoms with Crippen molar-refractivity contribution in [2.45, 2.75) is 33.6 Å². The molecule has 0 radical (unpaired) electrons. The first-order valence-corrected chi connectivity index (χ1v) is 4.16. The van der Waals surface area contributed by atoms with Gasteiger partial charge in [-0.15, -0.1) is 0 Å². The van der Waals surface area contributed by atoms with E-state index in [2.05, 4.69) is 32.9 Å². The molecule has 56 valence electrons. The maximum atomic E-state index is 2.34. The lowest BCUT2D eigenvalue weighted by molar-refractivity contribution is 0.827. The van der Waals surface area contributed by atoms with E-state index >= 15 is 0 Å². The molecule has 0 saturated carbocycles. The Kier molecular flexibility index (Phi) is 2.31. The summed E-state index contributed by atoms with van der Waals surface area (Å²) in [7, 11) is 0. The molecule has 0 saturated heterocycles. The van der Waals surface area contributed by atoms with Gasteiger partial charge in [0, 0.05) is 0 Å². The highest BCUT2D eigenvalue weighted by atomic mass is 14.2. The van der Waals surface area contributed by atoms with Gasteiger partial charge in [0.25, 0.3) is 0 Å². The summed E-state index contributed by atoms with van der Waals surface area (Å²) in [6, 6.07) is 0. The third kappa shape index (κ3) is 2.02. The SMILES string of the molecule is CCCC1=CC1=CC(C)C. The van der Waals surface area contributed by atoms with Gasteiger partial charge in [0.05, 0.1) is 0 Å². The van der Waals surface area contributed by atoms with Crippen LogP contribution in [-0.4, -0.2) is 0 Å². The number of hydrogen-bond acceptors (Lipinski definition) is 0. The Bertz CT molecular complexity index is 170. The molecule has 0 aromatic carbocycles. The summed E-state index contributed by atoms with van der Waals surface area (Å²) in [5.74, 6) is 0.709. The molecule has 0 atom stereocenters. The highest BCUT2D eigenvalue weighted by Gasteiger charge is 2.13. The lowest BCUT2D eigenvalue weighted by Gasteiger charge is -1.91. The first kappa shape index (κ1) is 7.59. The van der Waals surface area contributed by atoms with E-state index in [0.717, 1.165) is 0 Å². The zero-order valence-electron chi connectivity index (χ0n) is 7.15. The third-order valence-corrected chi connectivity index (χ3v) is 1.65. The van der Waals surface area contributed by atoms with Crippen LogP contribution in [0.3, 0.4) is 0 Å². The van der Waals surface area contributed by atoms with Crippen LogP contribution in [0.15, 0.2) is 23.3 Å². The highest BCUT2D eigenvalue weighted by molar-refractivity contribution is 5.57. The van der Waals surface area contributed by atoms with E-state index in [9.17, 15) is 0 Å². The zero-order valence-corrected chi connectivity index (χ0v) is 7.15. The molecule has 1 rings (SSSR count). The Labute approximate surface area is 63.6 Å². The predicted molar refractivity (Wildman–Crippen MR) is 45.9 cm³/mol. The summed E-state index contributed by atoms with van der Waals surface area (Å²) in [4.78, 5) is 0. The molecule has 0 fully saturated rings. The molecule has 0 N–H and O–H groups in total. The van der Waals surface area contributed by atoms with E-state index in [4.69, 9.17) is 0 Å². The van der Waals surface area contributed by atoms with E-state index in [1.807, 2.05) is 0 Å². The monoisotopic (exact) mass is 136 g/mol. The third-order valence-electron chi connectivity index (χ3n) is 1.65. The van der Waals surface area contributed by atoms with Crippen molar-refractivity contribution in [2.24, 2.45) is 5.92 Å². The molecule has 0 heteroatoms. The van der Waals surface area contributed by atoms with Gasteiger partial charge in [-0.2, -0.15) is 0 Å². The largest absolute Gasteiger partial charge is 0.0744 e. The van der Waals surface area contributed by atoms with Crippen LogP contribution in [0.25, 0.3) is 0 Å². The Morgan fingerprint density at radius 1 is 1.50 bits per heavy atom. The van der Waals surface area contributed by atoms with E-state index in [-0.39, 0.29) is 0 Å². The first-order valence-electron chi connectivity index (χ1n) is 4.16. The number of hydrogen-bond donors (Lipinski definition) is 0. The van der Waals surface area contributed by atoms with E-state index in [0.29, 0.717) is 5.92 Å². The maximum absolute atomic E-state index is 2.34. The van der Waals surface area contributed by atoms with Crippen LogP contribution < -0.4 is 0 Å². The van der Waals surface area contributed by atoms with Crippen LogP contribution in [0.5, 0.6) is 0 Å². The second-order valence-corrected chi connectivity index (χ2v) is 3.29. The molecule has 1 aliphatic rings. The van der Waals surface area contributed by atoms with E-state index in [1.54, 1.807) is 5.57 Å². The molecular weight excluding hydrogens is 120 g/mol. The molecule has 0 aliphatic heterocycles. The fraction of sp³-hybridized carbons (Fsp3) is 0.600. The molecular formula is C10H16. The minimum Gasteiger partial charge on any atom is -0.0744 e. The zero-order chi connectivity index (χ0) is 7.56. The number of rotatable bonds is 3. The Balaban J connectivity index is 2.28. The smallest absolute Gasteiger partial charge is 0.0259 e. The average Bonchev–Trinajstić information content (AvgIpc) is 2.47. The van der Waals surface area contributed by atoms with Crippen molar-refractivity contribution < 1.29 is 0 Å². The van der Waals surface area contributed by atoms with Crippen molar-refractivity contribution in [3.63, 3.8) is 0 Å². The van der Waals surface area contributed by atoms with Gasteiger partial charge >= 0.3 is 0 Å². The molecule has 0 bridgehead atoms. The van der Waals surface area contributed by atoms with Gasteiger partial charge in [-0.25, -0.2) is 0 Å². The molecule has 0 aromatic heterocycles. The normalized spacial score (nSPS) is 20.0.